The van der Waals surface area contributed by atoms with E-state index in [1.807, 2.05) is 0 Å². The Hall–Kier alpha value is -0.610. The molecule has 4 atom stereocenters. The van der Waals surface area contributed by atoms with Gasteiger partial charge in [-0.25, -0.2) is 0 Å². The van der Waals surface area contributed by atoms with Crippen molar-refractivity contribution in [2.75, 3.05) is 5.88 Å². The number of rotatable bonds is 3. The summed E-state index contributed by atoms with van der Waals surface area (Å²) in [5.41, 5.74) is 0. The number of aromatic nitrogens is 2. The van der Waals surface area contributed by atoms with Gasteiger partial charge in [0.2, 0.25) is 11.8 Å². The summed E-state index contributed by atoms with van der Waals surface area (Å²) in [6.45, 7) is 6.29. The van der Waals surface area contributed by atoms with Crippen molar-refractivity contribution in [2.24, 2.45) is 5.92 Å². The van der Waals surface area contributed by atoms with Crippen molar-refractivity contribution < 1.29 is 9.15 Å². The van der Waals surface area contributed by atoms with Crippen molar-refractivity contribution in [1.29, 1.82) is 0 Å². The molecule has 4 unspecified atom stereocenters. The smallest absolute Gasteiger partial charge is 0.222 e. The Labute approximate surface area is 100 Å². The highest BCUT2D eigenvalue weighted by Crippen LogP contribution is 2.39. The number of nitrogens with zero attached hydrogens (tertiary/aromatic N) is 2. The highest BCUT2D eigenvalue weighted by Gasteiger charge is 2.41. The molecule has 0 radical (unpaired) electrons. The van der Waals surface area contributed by atoms with Gasteiger partial charge in [-0.15, -0.1) is 21.8 Å². The molecule has 1 saturated heterocycles. The Morgan fingerprint density at radius 2 is 1.94 bits per heavy atom. The minimum atomic E-state index is 0.134. The second-order valence-corrected chi connectivity index (χ2v) is 4.78. The molecule has 90 valence electrons. The molecule has 5 heteroatoms. The van der Waals surface area contributed by atoms with Gasteiger partial charge in [0.05, 0.1) is 18.1 Å². The van der Waals surface area contributed by atoms with Gasteiger partial charge < -0.3 is 9.15 Å². The van der Waals surface area contributed by atoms with Gasteiger partial charge in [-0.2, -0.15) is 0 Å². The van der Waals surface area contributed by atoms with Crippen LogP contribution in [0.25, 0.3) is 0 Å². The van der Waals surface area contributed by atoms with E-state index < -0.39 is 0 Å². The molecule has 0 spiro atoms. The summed E-state index contributed by atoms with van der Waals surface area (Å²) < 4.78 is 11.4. The van der Waals surface area contributed by atoms with E-state index in [4.69, 9.17) is 20.8 Å². The van der Waals surface area contributed by atoms with Crippen LogP contribution in [0, 0.1) is 5.92 Å². The molecule has 1 fully saturated rings. The standard InChI is InChI=1S/C11H17ClN2O2/c1-6-7(2)15-8(3)10(6)11-14-13-9(16-11)4-5-12/h6-8,10H,4-5H2,1-3H3. The Bertz CT molecular complexity index is 356. The normalized spacial score (nSPS) is 34.5. The summed E-state index contributed by atoms with van der Waals surface area (Å²) >= 11 is 5.63. The summed E-state index contributed by atoms with van der Waals surface area (Å²) in [4.78, 5) is 0. The SMILES string of the molecule is CC1OC(C)C(c2nnc(CCCl)o2)C1C. The number of hydrogen-bond donors (Lipinski definition) is 0. The van der Waals surface area contributed by atoms with E-state index in [1.54, 1.807) is 0 Å². The van der Waals surface area contributed by atoms with Crippen molar-refractivity contribution in [3.63, 3.8) is 0 Å². The first-order valence-corrected chi connectivity index (χ1v) is 6.20. The van der Waals surface area contributed by atoms with Gasteiger partial charge in [0.25, 0.3) is 0 Å². The van der Waals surface area contributed by atoms with Crippen LogP contribution in [0.15, 0.2) is 4.42 Å². The van der Waals surface area contributed by atoms with Crippen LogP contribution in [0.1, 0.15) is 38.5 Å². The predicted octanol–water partition coefficient (Wildman–Crippen LogP) is 2.38. The first-order valence-electron chi connectivity index (χ1n) is 5.67. The topological polar surface area (TPSA) is 48.2 Å². The number of hydrogen-bond acceptors (Lipinski definition) is 4. The molecule has 1 aromatic rings. The molecule has 1 aliphatic rings. The number of halogens is 1. The largest absolute Gasteiger partial charge is 0.425 e. The van der Waals surface area contributed by atoms with Crippen LogP contribution in [-0.4, -0.2) is 28.3 Å². The molecule has 2 heterocycles. The lowest BCUT2D eigenvalue weighted by Crippen LogP contribution is -2.15. The molecule has 0 saturated carbocycles. The third kappa shape index (κ3) is 2.09. The molecule has 0 aromatic carbocycles. The van der Waals surface area contributed by atoms with Crippen LogP contribution in [-0.2, 0) is 11.2 Å². The molecule has 0 amide bonds. The van der Waals surface area contributed by atoms with Gasteiger partial charge in [0.1, 0.15) is 0 Å². The number of aryl methyl sites for hydroxylation is 1. The highest BCUT2D eigenvalue weighted by molar-refractivity contribution is 6.17. The van der Waals surface area contributed by atoms with Crippen molar-refractivity contribution in [1.82, 2.24) is 10.2 Å². The van der Waals surface area contributed by atoms with Crippen molar-refractivity contribution in [2.45, 2.75) is 45.3 Å². The van der Waals surface area contributed by atoms with Crippen LogP contribution in [0.3, 0.4) is 0 Å². The summed E-state index contributed by atoms with van der Waals surface area (Å²) in [7, 11) is 0. The fourth-order valence-electron chi connectivity index (χ4n) is 2.28. The Balaban J connectivity index is 2.16. The summed E-state index contributed by atoms with van der Waals surface area (Å²) in [5, 5.41) is 8.08. The molecule has 1 aromatic heterocycles. The van der Waals surface area contributed by atoms with Crippen LogP contribution >= 0.6 is 11.6 Å². The van der Waals surface area contributed by atoms with Crippen LogP contribution < -0.4 is 0 Å². The van der Waals surface area contributed by atoms with E-state index in [9.17, 15) is 0 Å². The zero-order valence-corrected chi connectivity index (χ0v) is 10.6. The lowest BCUT2D eigenvalue weighted by Gasteiger charge is -2.13. The second-order valence-electron chi connectivity index (χ2n) is 4.40. The van der Waals surface area contributed by atoms with Gasteiger partial charge in [0, 0.05) is 12.3 Å². The van der Waals surface area contributed by atoms with Crippen LogP contribution in [0.2, 0.25) is 0 Å². The third-order valence-corrected chi connectivity index (χ3v) is 3.51. The molecule has 0 bridgehead atoms. The highest BCUT2D eigenvalue weighted by atomic mass is 35.5. The van der Waals surface area contributed by atoms with E-state index in [1.165, 1.54) is 0 Å². The minimum absolute atomic E-state index is 0.134. The number of alkyl halides is 1. The maximum Gasteiger partial charge on any atom is 0.222 e. The van der Waals surface area contributed by atoms with E-state index in [0.29, 0.717) is 30.0 Å². The zero-order chi connectivity index (χ0) is 11.7. The van der Waals surface area contributed by atoms with Gasteiger partial charge >= 0.3 is 0 Å². The summed E-state index contributed by atoms with van der Waals surface area (Å²) in [6.07, 6.45) is 0.998. The Kier molecular flexibility index (Phi) is 3.50. The fourth-order valence-corrected chi connectivity index (χ4v) is 2.44. The number of ether oxygens (including phenoxy) is 1. The predicted molar refractivity (Wildman–Crippen MR) is 60.6 cm³/mol. The van der Waals surface area contributed by atoms with Crippen LogP contribution in [0.4, 0.5) is 0 Å². The van der Waals surface area contributed by atoms with Crippen LogP contribution in [0.5, 0.6) is 0 Å². The van der Waals surface area contributed by atoms with Crippen molar-refractivity contribution in [3.8, 4) is 0 Å². The van der Waals surface area contributed by atoms with E-state index in [2.05, 4.69) is 31.0 Å². The monoisotopic (exact) mass is 244 g/mol. The Morgan fingerprint density at radius 1 is 1.19 bits per heavy atom. The maximum absolute atomic E-state index is 5.76. The van der Waals surface area contributed by atoms with Gasteiger partial charge in [0.15, 0.2) is 0 Å². The first kappa shape index (κ1) is 11.9. The van der Waals surface area contributed by atoms with E-state index in [0.717, 1.165) is 0 Å². The van der Waals surface area contributed by atoms with E-state index >= 15 is 0 Å². The molecule has 1 aliphatic heterocycles. The average molecular weight is 245 g/mol. The molecule has 0 N–H and O–H groups in total. The van der Waals surface area contributed by atoms with Crippen molar-refractivity contribution in [3.05, 3.63) is 11.8 Å². The quantitative estimate of drug-likeness (QED) is 0.766. The molecular formula is C11H17ClN2O2. The van der Waals surface area contributed by atoms with Crippen molar-refractivity contribution >= 4 is 11.6 Å². The lowest BCUT2D eigenvalue weighted by atomic mass is 9.89. The van der Waals surface area contributed by atoms with Gasteiger partial charge in [-0.3, -0.25) is 0 Å². The first-order chi connectivity index (χ1) is 7.63. The summed E-state index contributed by atoms with van der Waals surface area (Å²) in [5.74, 6) is 2.41. The second kappa shape index (κ2) is 4.72. The lowest BCUT2D eigenvalue weighted by molar-refractivity contribution is 0.0544. The molecular weight excluding hydrogens is 228 g/mol. The molecule has 4 nitrogen and oxygen atoms in total. The van der Waals surface area contributed by atoms with E-state index in [-0.39, 0.29) is 18.1 Å². The fraction of sp³-hybridized carbons (Fsp3) is 0.818. The van der Waals surface area contributed by atoms with Gasteiger partial charge in [-0.05, 0) is 19.8 Å². The van der Waals surface area contributed by atoms with Gasteiger partial charge in [-0.1, -0.05) is 6.92 Å². The third-order valence-electron chi connectivity index (χ3n) is 3.32. The molecule has 16 heavy (non-hydrogen) atoms. The minimum Gasteiger partial charge on any atom is -0.425 e. The molecule has 2 rings (SSSR count). The zero-order valence-electron chi connectivity index (χ0n) is 9.81. The average Bonchev–Trinajstić information content (AvgIpc) is 2.75. The Morgan fingerprint density at radius 3 is 2.50 bits per heavy atom. The summed E-state index contributed by atoms with van der Waals surface area (Å²) in [6, 6.07) is 0. The maximum atomic E-state index is 5.76. The molecule has 0 aliphatic carbocycles.